The third kappa shape index (κ3) is 2.95. The maximum Gasteiger partial charge on any atom is 0.130 e. The molecule has 0 atom stereocenters. The van der Waals surface area contributed by atoms with Gasteiger partial charge in [-0.15, -0.1) is 0 Å². The number of hydrogen-bond acceptors (Lipinski definition) is 2. The lowest BCUT2D eigenvalue weighted by Crippen LogP contribution is -2.16. The third-order valence-corrected chi connectivity index (χ3v) is 3.66. The second-order valence-corrected chi connectivity index (χ2v) is 6.77. The molecule has 0 aliphatic rings. The zero-order valence-electron chi connectivity index (χ0n) is 13.5. The van der Waals surface area contributed by atoms with Crippen LogP contribution < -0.4 is 5.32 Å². The molecular weight excluding hydrogens is 244 g/mol. The molecular formula is C18H26N2. The average molecular weight is 270 g/mol. The second kappa shape index (κ2) is 5.43. The molecule has 1 heterocycles. The SMILES string of the molecule is CCNc1nc2ccc(C(C)C)cc2cc1C(C)(C)C. The first-order valence-electron chi connectivity index (χ1n) is 7.52. The number of benzene rings is 1. The number of nitrogens with zero attached hydrogens (tertiary/aromatic N) is 1. The number of hydrogen-bond donors (Lipinski definition) is 1. The molecule has 1 aromatic heterocycles. The van der Waals surface area contributed by atoms with Gasteiger partial charge in [0.2, 0.25) is 0 Å². The minimum Gasteiger partial charge on any atom is -0.370 e. The van der Waals surface area contributed by atoms with E-state index < -0.39 is 0 Å². The zero-order valence-corrected chi connectivity index (χ0v) is 13.5. The second-order valence-electron chi connectivity index (χ2n) is 6.77. The Morgan fingerprint density at radius 1 is 1.15 bits per heavy atom. The predicted molar refractivity (Wildman–Crippen MR) is 88.7 cm³/mol. The van der Waals surface area contributed by atoms with E-state index in [9.17, 15) is 0 Å². The lowest BCUT2D eigenvalue weighted by atomic mass is 9.86. The van der Waals surface area contributed by atoms with Gasteiger partial charge in [0.1, 0.15) is 5.82 Å². The minimum absolute atomic E-state index is 0.0898. The molecule has 0 spiro atoms. The predicted octanol–water partition coefficient (Wildman–Crippen LogP) is 5.09. The summed E-state index contributed by atoms with van der Waals surface area (Å²) < 4.78 is 0. The van der Waals surface area contributed by atoms with Crippen LogP contribution in [0, 0.1) is 0 Å². The molecule has 0 radical (unpaired) electrons. The van der Waals surface area contributed by atoms with Gasteiger partial charge in [-0.05, 0) is 42.0 Å². The lowest BCUT2D eigenvalue weighted by molar-refractivity contribution is 0.590. The minimum atomic E-state index is 0.0898. The maximum absolute atomic E-state index is 4.82. The van der Waals surface area contributed by atoms with Crippen molar-refractivity contribution in [3.05, 3.63) is 35.4 Å². The number of aromatic nitrogens is 1. The van der Waals surface area contributed by atoms with Crippen molar-refractivity contribution in [3.8, 4) is 0 Å². The molecule has 1 aromatic carbocycles. The van der Waals surface area contributed by atoms with E-state index in [4.69, 9.17) is 4.98 Å². The molecule has 2 nitrogen and oxygen atoms in total. The fourth-order valence-corrected chi connectivity index (χ4v) is 2.43. The number of fused-ring (bicyclic) bond motifs is 1. The van der Waals surface area contributed by atoms with Gasteiger partial charge in [0.05, 0.1) is 5.52 Å². The van der Waals surface area contributed by atoms with Crippen molar-refractivity contribution >= 4 is 16.7 Å². The van der Waals surface area contributed by atoms with Crippen molar-refractivity contribution in [2.45, 2.75) is 52.9 Å². The Kier molecular flexibility index (Phi) is 4.03. The fourth-order valence-electron chi connectivity index (χ4n) is 2.43. The van der Waals surface area contributed by atoms with Gasteiger partial charge in [-0.2, -0.15) is 0 Å². The van der Waals surface area contributed by atoms with Crippen LogP contribution in [0.4, 0.5) is 5.82 Å². The van der Waals surface area contributed by atoms with E-state index >= 15 is 0 Å². The smallest absolute Gasteiger partial charge is 0.130 e. The van der Waals surface area contributed by atoms with Gasteiger partial charge in [-0.25, -0.2) is 4.98 Å². The summed E-state index contributed by atoms with van der Waals surface area (Å²) in [7, 11) is 0. The Balaban J connectivity index is 2.65. The highest BCUT2D eigenvalue weighted by Gasteiger charge is 2.20. The molecule has 0 bridgehead atoms. The van der Waals surface area contributed by atoms with E-state index in [2.05, 4.69) is 71.1 Å². The number of pyridine rings is 1. The summed E-state index contributed by atoms with van der Waals surface area (Å²) in [6, 6.07) is 8.90. The molecule has 0 saturated carbocycles. The monoisotopic (exact) mass is 270 g/mol. The molecule has 0 unspecified atom stereocenters. The van der Waals surface area contributed by atoms with Crippen molar-refractivity contribution in [2.75, 3.05) is 11.9 Å². The summed E-state index contributed by atoms with van der Waals surface area (Å²) >= 11 is 0. The summed E-state index contributed by atoms with van der Waals surface area (Å²) in [5.74, 6) is 1.57. The van der Waals surface area contributed by atoms with E-state index in [1.54, 1.807) is 0 Å². The van der Waals surface area contributed by atoms with Crippen LogP contribution in [0.2, 0.25) is 0 Å². The number of rotatable bonds is 3. The Bertz CT molecular complexity index is 607. The van der Waals surface area contributed by atoms with Crippen LogP contribution in [0.1, 0.15) is 58.6 Å². The normalized spacial score (nSPS) is 12.2. The van der Waals surface area contributed by atoms with Crippen LogP contribution in [0.15, 0.2) is 24.3 Å². The van der Waals surface area contributed by atoms with Crippen molar-refractivity contribution in [1.82, 2.24) is 4.98 Å². The van der Waals surface area contributed by atoms with Gasteiger partial charge in [0.25, 0.3) is 0 Å². The van der Waals surface area contributed by atoms with Gasteiger partial charge in [0, 0.05) is 17.5 Å². The highest BCUT2D eigenvalue weighted by atomic mass is 15.0. The fraction of sp³-hybridized carbons (Fsp3) is 0.500. The van der Waals surface area contributed by atoms with Crippen LogP contribution in [-0.4, -0.2) is 11.5 Å². The van der Waals surface area contributed by atoms with E-state index in [0.29, 0.717) is 5.92 Å². The molecule has 2 aromatic rings. The van der Waals surface area contributed by atoms with Crippen LogP contribution in [0.3, 0.4) is 0 Å². The van der Waals surface area contributed by atoms with E-state index in [-0.39, 0.29) is 5.41 Å². The molecule has 1 N–H and O–H groups in total. The Morgan fingerprint density at radius 2 is 1.85 bits per heavy atom. The summed E-state index contributed by atoms with van der Waals surface area (Å²) in [4.78, 5) is 4.82. The van der Waals surface area contributed by atoms with Crippen LogP contribution in [0.25, 0.3) is 10.9 Å². The largest absolute Gasteiger partial charge is 0.370 e. The lowest BCUT2D eigenvalue weighted by Gasteiger charge is -2.23. The van der Waals surface area contributed by atoms with Crippen LogP contribution >= 0.6 is 0 Å². The first-order valence-corrected chi connectivity index (χ1v) is 7.52. The highest BCUT2D eigenvalue weighted by Crippen LogP contribution is 2.32. The van der Waals surface area contributed by atoms with Crippen molar-refractivity contribution < 1.29 is 0 Å². The summed E-state index contributed by atoms with van der Waals surface area (Å²) in [6.07, 6.45) is 0. The van der Waals surface area contributed by atoms with Gasteiger partial charge >= 0.3 is 0 Å². The van der Waals surface area contributed by atoms with Crippen molar-refractivity contribution in [1.29, 1.82) is 0 Å². The summed E-state index contributed by atoms with van der Waals surface area (Å²) in [6.45, 7) is 14.2. The van der Waals surface area contributed by atoms with Crippen molar-refractivity contribution in [2.24, 2.45) is 0 Å². The van der Waals surface area contributed by atoms with E-state index in [1.807, 2.05) is 0 Å². The van der Waals surface area contributed by atoms with Gasteiger partial charge < -0.3 is 5.32 Å². The van der Waals surface area contributed by atoms with Gasteiger partial charge in [-0.3, -0.25) is 0 Å². The first kappa shape index (κ1) is 14.8. The van der Waals surface area contributed by atoms with Gasteiger partial charge in [-0.1, -0.05) is 40.7 Å². The number of anilines is 1. The van der Waals surface area contributed by atoms with Gasteiger partial charge in [0.15, 0.2) is 0 Å². The first-order chi connectivity index (χ1) is 9.32. The van der Waals surface area contributed by atoms with Crippen LogP contribution in [-0.2, 0) is 5.41 Å². The topological polar surface area (TPSA) is 24.9 Å². The molecule has 0 aliphatic carbocycles. The average Bonchev–Trinajstić information content (AvgIpc) is 2.36. The molecule has 0 fully saturated rings. The zero-order chi connectivity index (χ0) is 14.9. The van der Waals surface area contributed by atoms with E-state index in [1.165, 1.54) is 16.5 Å². The molecule has 0 saturated heterocycles. The molecule has 2 heteroatoms. The van der Waals surface area contributed by atoms with Crippen LogP contribution in [0.5, 0.6) is 0 Å². The standard InChI is InChI=1S/C18H26N2/c1-7-19-17-15(18(4,5)6)11-14-10-13(12(2)3)8-9-16(14)20-17/h8-12H,7H2,1-6H3,(H,19,20). The highest BCUT2D eigenvalue weighted by molar-refractivity contribution is 5.83. The van der Waals surface area contributed by atoms with E-state index in [0.717, 1.165) is 17.9 Å². The maximum atomic E-state index is 4.82. The molecule has 2 rings (SSSR count). The quantitative estimate of drug-likeness (QED) is 0.840. The number of nitrogens with one attached hydrogen (secondary N) is 1. The third-order valence-electron chi connectivity index (χ3n) is 3.66. The van der Waals surface area contributed by atoms with Crippen molar-refractivity contribution in [3.63, 3.8) is 0 Å². The Hall–Kier alpha value is -1.57. The molecule has 108 valence electrons. The molecule has 0 aliphatic heterocycles. The summed E-state index contributed by atoms with van der Waals surface area (Å²) in [5.41, 5.74) is 3.81. The Labute approximate surface area is 122 Å². The summed E-state index contributed by atoms with van der Waals surface area (Å²) in [5, 5.41) is 4.64. The molecule has 0 amide bonds. The Morgan fingerprint density at radius 3 is 2.40 bits per heavy atom. The molecule has 20 heavy (non-hydrogen) atoms.